The molecular weight excluding hydrogens is 236 g/mol. The first kappa shape index (κ1) is 11.9. The predicted octanol–water partition coefficient (Wildman–Crippen LogP) is 2.88. The molecule has 5 heteroatoms. The monoisotopic (exact) mass is 250 g/mol. The van der Waals surface area contributed by atoms with Crippen LogP contribution in [0.2, 0.25) is 0 Å². The van der Waals surface area contributed by atoms with Crippen molar-refractivity contribution in [3.8, 4) is 0 Å². The SMILES string of the molecule is Cc1cccc2sc(NCCCC(=O)O)nc12. The van der Waals surface area contributed by atoms with Crippen LogP contribution in [0.4, 0.5) is 5.13 Å². The van der Waals surface area contributed by atoms with Crippen LogP contribution in [-0.2, 0) is 4.79 Å². The van der Waals surface area contributed by atoms with Gasteiger partial charge < -0.3 is 10.4 Å². The molecule has 0 radical (unpaired) electrons. The lowest BCUT2D eigenvalue weighted by atomic mass is 10.2. The molecule has 17 heavy (non-hydrogen) atoms. The molecule has 0 unspecified atom stereocenters. The van der Waals surface area contributed by atoms with E-state index in [9.17, 15) is 4.79 Å². The summed E-state index contributed by atoms with van der Waals surface area (Å²) in [5, 5.41) is 12.5. The highest BCUT2D eigenvalue weighted by molar-refractivity contribution is 7.22. The summed E-state index contributed by atoms with van der Waals surface area (Å²) in [4.78, 5) is 14.8. The van der Waals surface area contributed by atoms with Crippen LogP contribution in [-0.4, -0.2) is 22.6 Å². The molecule has 1 aromatic heterocycles. The molecule has 0 bridgehead atoms. The molecule has 2 rings (SSSR count). The highest BCUT2D eigenvalue weighted by Gasteiger charge is 2.05. The van der Waals surface area contributed by atoms with Crippen LogP contribution in [0, 0.1) is 6.92 Å². The van der Waals surface area contributed by atoms with Gasteiger partial charge in [-0.2, -0.15) is 0 Å². The molecule has 2 N–H and O–H groups in total. The van der Waals surface area contributed by atoms with Gasteiger partial charge in [-0.15, -0.1) is 0 Å². The number of fused-ring (bicyclic) bond motifs is 1. The largest absolute Gasteiger partial charge is 0.481 e. The first-order chi connectivity index (χ1) is 8.16. The van der Waals surface area contributed by atoms with E-state index in [2.05, 4.69) is 10.3 Å². The van der Waals surface area contributed by atoms with Crippen molar-refractivity contribution in [2.75, 3.05) is 11.9 Å². The summed E-state index contributed by atoms with van der Waals surface area (Å²) in [7, 11) is 0. The standard InChI is InChI=1S/C12H14N2O2S/c1-8-4-2-5-9-11(8)14-12(17-9)13-7-3-6-10(15)16/h2,4-5H,3,6-7H2,1H3,(H,13,14)(H,15,16). The fourth-order valence-electron chi connectivity index (χ4n) is 1.60. The van der Waals surface area contributed by atoms with Crippen molar-refractivity contribution in [3.63, 3.8) is 0 Å². The van der Waals surface area contributed by atoms with Gasteiger partial charge in [0.05, 0.1) is 10.2 Å². The van der Waals surface area contributed by atoms with Gasteiger partial charge in [-0.1, -0.05) is 23.5 Å². The van der Waals surface area contributed by atoms with Crippen LogP contribution < -0.4 is 5.32 Å². The summed E-state index contributed by atoms with van der Waals surface area (Å²) < 4.78 is 1.16. The second-order valence-corrected chi connectivity index (χ2v) is 4.90. The van der Waals surface area contributed by atoms with Gasteiger partial charge in [0, 0.05) is 13.0 Å². The fraction of sp³-hybridized carbons (Fsp3) is 0.333. The van der Waals surface area contributed by atoms with Gasteiger partial charge in [-0.05, 0) is 25.0 Å². The van der Waals surface area contributed by atoms with Crippen molar-refractivity contribution < 1.29 is 9.90 Å². The number of hydrogen-bond acceptors (Lipinski definition) is 4. The molecule has 0 amide bonds. The normalized spacial score (nSPS) is 10.6. The molecule has 1 heterocycles. The summed E-state index contributed by atoms with van der Waals surface area (Å²) in [5.41, 5.74) is 2.19. The summed E-state index contributed by atoms with van der Waals surface area (Å²) in [6, 6.07) is 6.10. The van der Waals surface area contributed by atoms with Crippen LogP contribution in [0.3, 0.4) is 0 Å². The van der Waals surface area contributed by atoms with Crippen LogP contribution in [0.25, 0.3) is 10.2 Å². The second-order valence-electron chi connectivity index (χ2n) is 3.86. The Labute approximate surface area is 103 Å². The highest BCUT2D eigenvalue weighted by Crippen LogP contribution is 2.27. The zero-order valence-electron chi connectivity index (χ0n) is 9.56. The maximum atomic E-state index is 10.4. The zero-order valence-corrected chi connectivity index (χ0v) is 10.4. The van der Waals surface area contributed by atoms with Crippen LogP contribution >= 0.6 is 11.3 Å². The molecule has 0 atom stereocenters. The average molecular weight is 250 g/mol. The molecule has 4 nitrogen and oxygen atoms in total. The van der Waals surface area contributed by atoms with E-state index < -0.39 is 5.97 Å². The van der Waals surface area contributed by atoms with E-state index in [0.29, 0.717) is 13.0 Å². The molecule has 0 spiro atoms. The minimum absolute atomic E-state index is 0.191. The summed E-state index contributed by atoms with van der Waals surface area (Å²) in [5.74, 6) is -0.757. The lowest BCUT2D eigenvalue weighted by molar-refractivity contribution is -0.137. The van der Waals surface area contributed by atoms with Crippen molar-refractivity contribution in [1.82, 2.24) is 4.98 Å². The van der Waals surface area contributed by atoms with Gasteiger partial charge in [0.1, 0.15) is 0 Å². The van der Waals surface area contributed by atoms with Crippen molar-refractivity contribution >= 4 is 32.7 Å². The molecule has 2 aromatic rings. The fourth-order valence-corrected chi connectivity index (χ4v) is 2.57. The number of aliphatic carboxylic acids is 1. The number of rotatable bonds is 5. The molecule has 1 aromatic carbocycles. The Bertz CT molecular complexity index is 536. The molecule has 0 saturated carbocycles. The van der Waals surface area contributed by atoms with Gasteiger partial charge in [-0.25, -0.2) is 4.98 Å². The zero-order chi connectivity index (χ0) is 12.3. The Morgan fingerprint density at radius 1 is 1.53 bits per heavy atom. The summed E-state index contributed by atoms with van der Waals surface area (Å²) in [6.45, 7) is 2.68. The van der Waals surface area contributed by atoms with E-state index in [1.54, 1.807) is 11.3 Å². The number of nitrogens with zero attached hydrogens (tertiary/aromatic N) is 1. The van der Waals surface area contributed by atoms with E-state index in [0.717, 1.165) is 20.9 Å². The third-order valence-electron chi connectivity index (χ3n) is 2.46. The molecule has 0 aliphatic rings. The van der Waals surface area contributed by atoms with E-state index in [-0.39, 0.29) is 6.42 Å². The Hall–Kier alpha value is -1.62. The van der Waals surface area contributed by atoms with E-state index in [1.807, 2.05) is 25.1 Å². The van der Waals surface area contributed by atoms with Crippen molar-refractivity contribution in [3.05, 3.63) is 23.8 Å². The minimum Gasteiger partial charge on any atom is -0.481 e. The van der Waals surface area contributed by atoms with Crippen molar-refractivity contribution in [2.45, 2.75) is 19.8 Å². The van der Waals surface area contributed by atoms with Crippen LogP contribution in [0.1, 0.15) is 18.4 Å². The van der Waals surface area contributed by atoms with Crippen molar-refractivity contribution in [2.24, 2.45) is 0 Å². The third-order valence-corrected chi connectivity index (χ3v) is 3.44. The Morgan fingerprint density at radius 2 is 2.35 bits per heavy atom. The number of carboxylic acids is 1. The van der Waals surface area contributed by atoms with E-state index >= 15 is 0 Å². The number of aryl methyl sites for hydroxylation is 1. The van der Waals surface area contributed by atoms with Crippen LogP contribution in [0.15, 0.2) is 18.2 Å². The van der Waals surface area contributed by atoms with Gasteiger partial charge in [-0.3, -0.25) is 4.79 Å². The van der Waals surface area contributed by atoms with E-state index in [4.69, 9.17) is 5.11 Å². The molecule has 0 aliphatic heterocycles. The number of nitrogens with one attached hydrogen (secondary N) is 1. The number of carboxylic acid groups (broad SMARTS) is 1. The van der Waals surface area contributed by atoms with E-state index in [1.165, 1.54) is 0 Å². The maximum Gasteiger partial charge on any atom is 0.303 e. The molecule has 0 fully saturated rings. The van der Waals surface area contributed by atoms with Crippen LogP contribution in [0.5, 0.6) is 0 Å². The minimum atomic E-state index is -0.757. The summed E-state index contributed by atoms with van der Waals surface area (Å²) >= 11 is 1.60. The van der Waals surface area contributed by atoms with Gasteiger partial charge in [0.15, 0.2) is 5.13 Å². The summed E-state index contributed by atoms with van der Waals surface area (Å²) in [6.07, 6.45) is 0.807. The number of benzene rings is 1. The Balaban J connectivity index is 2.00. The smallest absolute Gasteiger partial charge is 0.303 e. The molecule has 0 saturated heterocycles. The predicted molar refractivity (Wildman–Crippen MR) is 69.7 cm³/mol. The number of carbonyl (C=O) groups is 1. The maximum absolute atomic E-state index is 10.4. The van der Waals surface area contributed by atoms with Gasteiger partial charge in [0.25, 0.3) is 0 Å². The van der Waals surface area contributed by atoms with Gasteiger partial charge in [0.2, 0.25) is 0 Å². The second kappa shape index (κ2) is 5.14. The number of thiazole rings is 1. The van der Waals surface area contributed by atoms with Gasteiger partial charge >= 0.3 is 5.97 Å². The first-order valence-electron chi connectivity index (χ1n) is 5.48. The first-order valence-corrected chi connectivity index (χ1v) is 6.30. The average Bonchev–Trinajstić information content (AvgIpc) is 2.69. The number of anilines is 1. The third kappa shape index (κ3) is 2.94. The number of aromatic nitrogens is 1. The lowest BCUT2D eigenvalue weighted by Gasteiger charge is -1.99. The van der Waals surface area contributed by atoms with Crippen molar-refractivity contribution in [1.29, 1.82) is 0 Å². The molecule has 90 valence electrons. The topological polar surface area (TPSA) is 62.2 Å². The Morgan fingerprint density at radius 3 is 3.06 bits per heavy atom. The number of para-hydroxylation sites is 1. The lowest BCUT2D eigenvalue weighted by Crippen LogP contribution is -2.04. The molecule has 0 aliphatic carbocycles. The number of hydrogen-bond donors (Lipinski definition) is 2. The quantitative estimate of drug-likeness (QED) is 0.801. The molecular formula is C12H14N2O2S. The highest BCUT2D eigenvalue weighted by atomic mass is 32.1. The Kier molecular flexibility index (Phi) is 3.58.